The van der Waals surface area contributed by atoms with Crippen LogP contribution in [0.1, 0.15) is 46.5 Å². The summed E-state index contributed by atoms with van der Waals surface area (Å²) in [6.07, 6.45) is 5.57. The number of alkyl halides is 1. The summed E-state index contributed by atoms with van der Waals surface area (Å²) in [5, 5.41) is 0. The first kappa shape index (κ1) is 10.7. The Balaban J connectivity index is 3.03. The lowest BCUT2D eigenvalue weighted by atomic mass is 10.0. The Morgan fingerprint density at radius 2 is 1.80 bits per heavy atom. The van der Waals surface area contributed by atoms with Gasteiger partial charge in [-0.25, -0.2) is 0 Å². The fourth-order valence-electron chi connectivity index (χ4n) is 0.952. The zero-order valence-corrected chi connectivity index (χ0v) is 9.52. The molecule has 0 aromatic heterocycles. The summed E-state index contributed by atoms with van der Waals surface area (Å²) in [6.45, 7) is 6.91. The van der Waals surface area contributed by atoms with Crippen molar-refractivity contribution in [2.75, 3.05) is 0 Å². The van der Waals surface area contributed by atoms with E-state index in [0.717, 1.165) is 9.84 Å². The minimum absolute atomic E-state index is 0.863. The Hall–Kier alpha value is 0.730. The highest BCUT2D eigenvalue weighted by Gasteiger charge is 1.99. The molecule has 0 aromatic rings. The summed E-state index contributed by atoms with van der Waals surface area (Å²) < 4.78 is 0.863. The van der Waals surface area contributed by atoms with Crippen molar-refractivity contribution in [2.24, 2.45) is 5.92 Å². The second kappa shape index (κ2) is 6.44. The van der Waals surface area contributed by atoms with Crippen LogP contribution in [0.2, 0.25) is 0 Å². The highest BCUT2D eigenvalue weighted by Crippen LogP contribution is 2.15. The van der Waals surface area contributed by atoms with Crippen molar-refractivity contribution in [1.29, 1.82) is 0 Å². The minimum Gasteiger partial charge on any atom is -0.0829 e. The molecule has 1 heteroatoms. The van der Waals surface area contributed by atoms with E-state index in [9.17, 15) is 0 Å². The van der Waals surface area contributed by atoms with E-state index in [1.807, 2.05) is 0 Å². The maximum Gasteiger partial charge on any atom is 0.00813 e. The standard InChI is InChI=1S/C9H19I/c1-4-8(2)6-5-7-9(3)10/h8-9H,4-7H2,1-3H3. The molecule has 0 saturated carbocycles. The van der Waals surface area contributed by atoms with Crippen LogP contribution in [0.5, 0.6) is 0 Å². The zero-order valence-electron chi connectivity index (χ0n) is 7.36. The normalized spacial score (nSPS) is 16.8. The van der Waals surface area contributed by atoms with E-state index in [0.29, 0.717) is 0 Å². The first-order chi connectivity index (χ1) is 4.66. The van der Waals surface area contributed by atoms with Gasteiger partial charge in [-0.2, -0.15) is 0 Å². The maximum absolute atomic E-state index is 2.50. The van der Waals surface area contributed by atoms with E-state index in [1.54, 1.807) is 0 Å². The summed E-state index contributed by atoms with van der Waals surface area (Å²) in [7, 11) is 0. The molecule has 0 radical (unpaired) electrons. The summed E-state index contributed by atoms with van der Waals surface area (Å²) in [4.78, 5) is 0. The van der Waals surface area contributed by atoms with Gasteiger partial charge in [-0.15, -0.1) is 0 Å². The second-order valence-electron chi connectivity index (χ2n) is 3.23. The number of hydrogen-bond acceptors (Lipinski definition) is 0. The molecular weight excluding hydrogens is 235 g/mol. The van der Waals surface area contributed by atoms with E-state index < -0.39 is 0 Å². The van der Waals surface area contributed by atoms with Crippen LogP contribution in [-0.2, 0) is 0 Å². The van der Waals surface area contributed by atoms with Gasteiger partial charge in [-0.3, -0.25) is 0 Å². The molecule has 0 N–H and O–H groups in total. The Bertz CT molecular complexity index is 69.1. The Morgan fingerprint density at radius 3 is 2.20 bits per heavy atom. The van der Waals surface area contributed by atoms with Gasteiger partial charge in [0.15, 0.2) is 0 Å². The Labute approximate surface area is 78.9 Å². The highest BCUT2D eigenvalue weighted by atomic mass is 127. The van der Waals surface area contributed by atoms with Crippen molar-refractivity contribution < 1.29 is 0 Å². The van der Waals surface area contributed by atoms with Crippen molar-refractivity contribution in [3.05, 3.63) is 0 Å². The number of halogens is 1. The van der Waals surface area contributed by atoms with Gasteiger partial charge in [0.05, 0.1) is 0 Å². The average molecular weight is 254 g/mol. The largest absolute Gasteiger partial charge is 0.0829 e. The van der Waals surface area contributed by atoms with Crippen LogP contribution in [-0.4, -0.2) is 3.92 Å². The van der Waals surface area contributed by atoms with Gasteiger partial charge < -0.3 is 0 Å². The van der Waals surface area contributed by atoms with Gasteiger partial charge in [0.2, 0.25) is 0 Å². The molecule has 0 aliphatic rings. The number of rotatable bonds is 5. The molecule has 0 aliphatic carbocycles. The molecule has 0 saturated heterocycles. The van der Waals surface area contributed by atoms with Gasteiger partial charge in [0.25, 0.3) is 0 Å². The van der Waals surface area contributed by atoms with Crippen LogP contribution in [0.3, 0.4) is 0 Å². The molecule has 0 aliphatic heterocycles. The van der Waals surface area contributed by atoms with Crippen LogP contribution < -0.4 is 0 Å². The minimum atomic E-state index is 0.863. The molecule has 0 aromatic carbocycles. The maximum atomic E-state index is 2.50. The second-order valence-corrected chi connectivity index (χ2v) is 5.35. The predicted molar refractivity (Wildman–Crippen MR) is 56.8 cm³/mol. The van der Waals surface area contributed by atoms with Crippen molar-refractivity contribution in [3.63, 3.8) is 0 Å². The lowest BCUT2D eigenvalue weighted by Gasteiger charge is -2.07. The summed E-state index contributed by atoms with van der Waals surface area (Å²) in [6, 6.07) is 0. The number of hydrogen-bond donors (Lipinski definition) is 0. The fourth-order valence-corrected chi connectivity index (χ4v) is 1.39. The smallest absolute Gasteiger partial charge is 0.00813 e. The van der Waals surface area contributed by atoms with Gasteiger partial charge in [0, 0.05) is 3.92 Å². The molecular formula is C9H19I. The molecule has 0 rings (SSSR count). The first-order valence-electron chi connectivity index (χ1n) is 4.30. The van der Waals surface area contributed by atoms with Crippen LogP contribution in [0.4, 0.5) is 0 Å². The van der Waals surface area contributed by atoms with Gasteiger partial charge in [-0.1, -0.05) is 62.6 Å². The summed E-state index contributed by atoms with van der Waals surface area (Å²) in [5.41, 5.74) is 0. The van der Waals surface area contributed by atoms with E-state index in [-0.39, 0.29) is 0 Å². The van der Waals surface area contributed by atoms with Crippen LogP contribution >= 0.6 is 22.6 Å². The average Bonchev–Trinajstić information content (AvgIpc) is 1.87. The van der Waals surface area contributed by atoms with E-state index in [4.69, 9.17) is 0 Å². The predicted octanol–water partition coefficient (Wildman–Crippen LogP) is 4.03. The third-order valence-electron chi connectivity index (χ3n) is 2.00. The van der Waals surface area contributed by atoms with Crippen molar-refractivity contribution >= 4 is 22.6 Å². The molecule has 2 atom stereocenters. The lowest BCUT2D eigenvalue weighted by Crippen LogP contribution is -1.95. The van der Waals surface area contributed by atoms with Crippen molar-refractivity contribution in [3.8, 4) is 0 Å². The monoisotopic (exact) mass is 254 g/mol. The van der Waals surface area contributed by atoms with E-state index in [1.165, 1.54) is 25.7 Å². The fraction of sp³-hybridized carbons (Fsp3) is 1.00. The topological polar surface area (TPSA) is 0 Å². The molecule has 2 unspecified atom stereocenters. The van der Waals surface area contributed by atoms with Gasteiger partial charge in [0.1, 0.15) is 0 Å². The molecule has 0 nitrogen and oxygen atoms in total. The Kier molecular flexibility index (Phi) is 6.91. The zero-order chi connectivity index (χ0) is 7.98. The SMILES string of the molecule is CCC(C)CCCC(C)I. The molecule has 0 amide bonds. The third-order valence-corrected chi connectivity index (χ3v) is 2.62. The van der Waals surface area contributed by atoms with Gasteiger partial charge >= 0.3 is 0 Å². The third kappa shape index (κ3) is 6.84. The molecule has 0 fully saturated rings. The first-order valence-corrected chi connectivity index (χ1v) is 5.55. The molecule has 0 spiro atoms. The quantitative estimate of drug-likeness (QED) is 0.513. The van der Waals surface area contributed by atoms with Crippen LogP contribution in [0, 0.1) is 5.92 Å². The van der Waals surface area contributed by atoms with Crippen molar-refractivity contribution in [2.45, 2.75) is 50.4 Å². The molecule has 0 heterocycles. The lowest BCUT2D eigenvalue weighted by molar-refractivity contribution is 0.486. The molecule has 62 valence electrons. The van der Waals surface area contributed by atoms with Crippen molar-refractivity contribution in [1.82, 2.24) is 0 Å². The highest BCUT2D eigenvalue weighted by molar-refractivity contribution is 14.1. The van der Waals surface area contributed by atoms with E-state index in [2.05, 4.69) is 43.4 Å². The Morgan fingerprint density at radius 1 is 1.20 bits per heavy atom. The molecule has 0 bridgehead atoms. The molecule has 10 heavy (non-hydrogen) atoms. The van der Waals surface area contributed by atoms with Crippen LogP contribution in [0.25, 0.3) is 0 Å². The summed E-state index contributed by atoms with van der Waals surface area (Å²) >= 11 is 2.50. The van der Waals surface area contributed by atoms with Gasteiger partial charge in [-0.05, 0) is 12.3 Å². The van der Waals surface area contributed by atoms with E-state index >= 15 is 0 Å². The van der Waals surface area contributed by atoms with Crippen LogP contribution in [0.15, 0.2) is 0 Å². The summed E-state index contributed by atoms with van der Waals surface area (Å²) in [5.74, 6) is 0.940.